The minimum absolute atomic E-state index is 0.153. The zero-order valence-electron chi connectivity index (χ0n) is 15.0. The Balaban J connectivity index is 1.80. The SMILES string of the molecule is Cc1ccccc1C(=O)Nc1cccc(N=Cc2cc(I)cc(C)c2O)c1. The standard InChI is InChI=1S/C22H19IN2O2/c1-14-6-3-4-9-20(14)22(27)25-19-8-5-7-18(12-19)24-13-16-11-17(23)10-15(2)21(16)26/h3-13,26H,1-2H3,(H,25,27). The van der Waals surface area contributed by atoms with E-state index in [1.54, 1.807) is 18.3 Å². The number of nitrogens with one attached hydrogen (secondary N) is 1. The number of hydrogen-bond acceptors (Lipinski definition) is 3. The molecule has 3 aromatic rings. The van der Waals surface area contributed by atoms with Crippen LogP contribution in [0, 0.1) is 17.4 Å². The van der Waals surface area contributed by atoms with Crippen LogP contribution in [0.5, 0.6) is 5.75 Å². The third kappa shape index (κ3) is 4.74. The van der Waals surface area contributed by atoms with Gasteiger partial charge in [-0.2, -0.15) is 0 Å². The lowest BCUT2D eigenvalue weighted by Crippen LogP contribution is -2.13. The fourth-order valence-electron chi connectivity index (χ4n) is 2.69. The molecule has 0 heterocycles. The van der Waals surface area contributed by atoms with E-state index in [1.165, 1.54) is 0 Å². The first-order valence-electron chi connectivity index (χ1n) is 8.44. The van der Waals surface area contributed by atoms with Gasteiger partial charge in [-0.15, -0.1) is 0 Å². The number of phenolic OH excluding ortho intramolecular Hbond substituents is 1. The van der Waals surface area contributed by atoms with Crippen LogP contribution >= 0.6 is 22.6 Å². The molecule has 0 saturated carbocycles. The van der Waals surface area contributed by atoms with Gasteiger partial charge in [0.05, 0.1) is 5.69 Å². The van der Waals surface area contributed by atoms with Crippen molar-refractivity contribution in [2.24, 2.45) is 4.99 Å². The molecular weight excluding hydrogens is 451 g/mol. The van der Waals surface area contributed by atoms with Gasteiger partial charge in [0, 0.05) is 26.6 Å². The Morgan fingerprint density at radius 1 is 1.04 bits per heavy atom. The Bertz CT molecular complexity index is 1030. The van der Waals surface area contributed by atoms with Crippen molar-refractivity contribution in [1.29, 1.82) is 0 Å². The highest BCUT2D eigenvalue weighted by Gasteiger charge is 2.09. The van der Waals surface area contributed by atoms with Gasteiger partial charge in [-0.05, 0) is 84.0 Å². The molecule has 0 saturated heterocycles. The molecule has 0 unspecified atom stereocenters. The number of hydrogen-bond donors (Lipinski definition) is 2. The molecule has 136 valence electrons. The molecule has 0 atom stereocenters. The molecule has 0 aliphatic carbocycles. The number of nitrogens with zero attached hydrogens (tertiary/aromatic N) is 1. The number of aromatic hydroxyl groups is 1. The minimum atomic E-state index is -0.153. The van der Waals surface area contributed by atoms with Crippen LogP contribution < -0.4 is 5.32 Å². The van der Waals surface area contributed by atoms with E-state index in [9.17, 15) is 9.90 Å². The maximum atomic E-state index is 12.5. The first kappa shape index (κ1) is 19.1. The summed E-state index contributed by atoms with van der Waals surface area (Å²) in [4.78, 5) is 16.9. The third-order valence-corrected chi connectivity index (χ3v) is 4.76. The number of rotatable bonds is 4. The summed E-state index contributed by atoms with van der Waals surface area (Å²) < 4.78 is 1.03. The van der Waals surface area contributed by atoms with Crippen molar-refractivity contribution in [2.45, 2.75) is 13.8 Å². The number of aryl methyl sites for hydroxylation is 2. The molecule has 0 aliphatic rings. The maximum Gasteiger partial charge on any atom is 0.255 e. The van der Waals surface area contributed by atoms with Crippen molar-refractivity contribution in [3.05, 3.63) is 86.5 Å². The highest BCUT2D eigenvalue weighted by Crippen LogP contribution is 2.25. The monoisotopic (exact) mass is 470 g/mol. The van der Waals surface area contributed by atoms with E-state index in [2.05, 4.69) is 32.9 Å². The number of amides is 1. The minimum Gasteiger partial charge on any atom is -0.507 e. The smallest absolute Gasteiger partial charge is 0.255 e. The van der Waals surface area contributed by atoms with E-state index in [-0.39, 0.29) is 11.7 Å². The molecule has 0 spiro atoms. The highest BCUT2D eigenvalue weighted by atomic mass is 127. The third-order valence-electron chi connectivity index (χ3n) is 4.14. The first-order valence-corrected chi connectivity index (χ1v) is 9.52. The average molecular weight is 470 g/mol. The Kier molecular flexibility index (Phi) is 5.91. The highest BCUT2D eigenvalue weighted by molar-refractivity contribution is 14.1. The van der Waals surface area contributed by atoms with Crippen molar-refractivity contribution in [3.63, 3.8) is 0 Å². The van der Waals surface area contributed by atoms with Crippen LogP contribution in [0.1, 0.15) is 27.0 Å². The van der Waals surface area contributed by atoms with Gasteiger partial charge < -0.3 is 10.4 Å². The molecule has 3 aromatic carbocycles. The zero-order chi connectivity index (χ0) is 19.4. The lowest BCUT2D eigenvalue weighted by atomic mass is 10.1. The second-order valence-corrected chi connectivity index (χ2v) is 7.48. The first-order chi connectivity index (χ1) is 12.9. The Hall–Kier alpha value is -2.67. The molecule has 0 aliphatic heterocycles. The number of carbonyl (C=O) groups excluding carboxylic acids is 1. The van der Waals surface area contributed by atoms with E-state index in [0.29, 0.717) is 22.5 Å². The van der Waals surface area contributed by atoms with E-state index >= 15 is 0 Å². The van der Waals surface area contributed by atoms with Crippen molar-refractivity contribution in [2.75, 3.05) is 5.32 Å². The average Bonchev–Trinajstić information content (AvgIpc) is 2.64. The summed E-state index contributed by atoms with van der Waals surface area (Å²) in [5.41, 5.74) is 4.39. The van der Waals surface area contributed by atoms with Crippen LogP contribution in [-0.4, -0.2) is 17.2 Å². The molecule has 27 heavy (non-hydrogen) atoms. The number of phenols is 1. The van der Waals surface area contributed by atoms with Crippen molar-refractivity contribution < 1.29 is 9.90 Å². The molecule has 0 fully saturated rings. The van der Waals surface area contributed by atoms with Crippen molar-refractivity contribution >= 4 is 46.1 Å². The summed E-state index contributed by atoms with van der Waals surface area (Å²) in [6, 6.07) is 18.5. The van der Waals surface area contributed by atoms with E-state index in [1.807, 2.05) is 62.4 Å². The molecule has 0 bridgehead atoms. The predicted octanol–water partition coefficient (Wildman–Crippen LogP) is 5.62. The maximum absolute atomic E-state index is 12.5. The van der Waals surface area contributed by atoms with Gasteiger partial charge in [-0.1, -0.05) is 24.3 Å². The Morgan fingerprint density at radius 2 is 1.81 bits per heavy atom. The van der Waals surface area contributed by atoms with Crippen LogP contribution in [0.25, 0.3) is 0 Å². The van der Waals surface area contributed by atoms with Gasteiger partial charge in [0.2, 0.25) is 0 Å². The molecule has 0 radical (unpaired) electrons. The van der Waals surface area contributed by atoms with Crippen LogP contribution in [0.15, 0.2) is 65.7 Å². The summed E-state index contributed by atoms with van der Waals surface area (Å²) >= 11 is 2.21. The molecule has 1 amide bonds. The quantitative estimate of drug-likeness (QED) is 0.384. The largest absolute Gasteiger partial charge is 0.507 e. The number of benzene rings is 3. The van der Waals surface area contributed by atoms with Gasteiger partial charge in [0.25, 0.3) is 5.91 Å². The number of halogens is 1. The summed E-state index contributed by atoms with van der Waals surface area (Å²) in [6.45, 7) is 3.77. The summed E-state index contributed by atoms with van der Waals surface area (Å²) in [6.07, 6.45) is 1.63. The lowest BCUT2D eigenvalue weighted by molar-refractivity contribution is 0.102. The lowest BCUT2D eigenvalue weighted by Gasteiger charge is -2.08. The van der Waals surface area contributed by atoms with Gasteiger partial charge in [0.15, 0.2) is 0 Å². The molecular formula is C22H19IN2O2. The second kappa shape index (κ2) is 8.35. The van der Waals surface area contributed by atoms with Crippen LogP contribution in [0.4, 0.5) is 11.4 Å². The number of aliphatic imine (C=N–C) groups is 1. The van der Waals surface area contributed by atoms with Gasteiger partial charge in [0.1, 0.15) is 5.75 Å². The Morgan fingerprint density at radius 3 is 2.59 bits per heavy atom. The molecule has 0 aromatic heterocycles. The predicted molar refractivity (Wildman–Crippen MR) is 118 cm³/mol. The Labute approximate surface area is 172 Å². The van der Waals surface area contributed by atoms with Crippen molar-refractivity contribution in [1.82, 2.24) is 0 Å². The fraction of sp³-hybridized carbons (Fsp3) is 0.0909. The second-order valence-electron chi connectivity index (χ2n) is 6.24. The summed E-state index contributed by atoms with van der Waals surface area (Å²) in [5, 5.41) is 13.1. The van der Waals surface area contributed by atoms with Gasteiger partial charge >= 0.3 is 0 Å². The van der Waals surface area contributed by atoms with Gasteiger partial charge in [-0.3, -0.25) is 9.79 Å². The van der Waals surface area contributed by atoms with E-state index < -0.39 is 0 Å². The number of carbonyl (C=O) groups is 1. The van der Waals surface area contributed by atoms with Gasteiger partial charge in [-0.25, -0.2) is 0 Å². The summed E-state index contributed by atoms with van der Waals surface area (Å²) in [7, 11) is 0. The normalized spacial score (nSPS) is 10.9. The van der Waals surface area contributed by atoms with E-state index in [0.717, 1.165) is 14.7 Å². The molecule has 3 rings (SSSR count). The topological polar surface area (TPSA) is 61.7 Å². The molecule has 2 N–H and O–H groups in total. The van der Waals surface area contributed by atoms with Crippen LogP contribution in [-0.2, 0) is 0 Å². The zero-order valence-corrected chi connectivity index (χ0v) is 17.2. The van der Waals surface area contributed by atoms with E-state index in [4.69, 9.17) is 0 Å². The van der Waals surface area contributed by atoms with Crippen LogP contribution in [0.3, 0.4) is 0 Å². The van der Waals surface area contributed by atoms with Crippen LogP contribution in [0.2, 0.25) is 0 Å². The molecule has 4 nitrogen and oxygen atoms in total. The van der Waals surface area contributed by atoms with Crippen molar-refractivity contribution in [3.8, 4) is 5.75 Å². The fourth-order valence-corrected chi connectivity index (χ4v) is 3.50. The molecule has 5 heteroatoms. The summed E-state index contributed by atoms with van der Waals surface area (Å²) in [5.74, 6) is 0.0725. The number of anilines is 1.